The maximum absolute atomic E-state index is 10.6. The van der Waals surface area contributed by atoms with Crippen molar-refractivity contribution in [2.24, 2.45) is 0 Å². The van der Waals surface area contributed by atoms with Crippen LogP contribution < -0.4 is 4.74 Å². The molecule has 1 aromatic rings. The number of likely N-dealkylation sites (N-methyl/N-ethyl adjacent to an activating group) is 1. The van der Waals surface area contributed by atoms with Crippen molar-refractivity contribution in [2.45, 2.75) is 39.5 Å². The first-order valence-electron chi connectivity index (χ1n) is 7.50. The van der Waals surface area contributed by atoms with Crippen LogP contribution in [0, 0.1) is 0 Å². The summed E-state index contributed by atoms with van der Waals surface area (Å²) in [6.07, 6.45) is 0.175. The van der Waals surface area contributed by atoms with Gasteiger partial charge in [0.1, 0.15) is 12.4 Å². The number of rotatable bonds is 8. The lowest BCUT2D eigenvalue weighted by atomic mass is 9.87. The molecule has 1 aromatic carbocycles. The average Bonchev–Trinajstić information content (AvgIpc) is 2.42. The standard InChI is InChI=1S/C17H27NO3/c1-5-18(11-10-16(19)20)12-13-21-15-8-6-14(7-9-15)17(2,3)4/h6-9H,5,10-13H2,1-4H3,(H,19,20). The highest BCUT2D eigenvalue weighted by atomic mass is 16.5. The second-order valence-corrected chi connectivity index (χ2v) is 6.20. The summed E-state index contributed by atoms with van der Waals surface area (Å²) in [5.74, 6) is 0.101. The summed E-state index contributed by atoms with van der Waals surface area (Å²) in [5.41, 5.74) is 1.43. The van der Waals surface area contributed by atoms with Gasteiger partial charge in [0, 0.05) is 13.1 Å². The van der Waals surface area contributed by atoms with Crippen LogP contribution in [0.15, 0.2) is 24.3 Å². The Balaban J connectivity index is 2.39. The summed E-state index contributed by atoms with van der Waals surface area (Å²) in [5, 5.41) is 8.70. The van der Waals surface area contributed by atoms with Crippen LogP contribution in [0.1, 0.15) is 39.7 Å². The van der Waals surface area contributed by atoms with E-state index in [2.05, 4.69) is 37.8 Å². The third kappa shape index (κ3) is 6.63. The quantitative estimate of drug-likeness (QED) is 0.800. The molecule has 0 bridgehead atoms. The molecule has 4 nitrogen and oxygen atoms in total. The van der Waals surface area contributed by atoms with Gasteiger partial charge in [-0.15, -0.1) is 0 Å². The molecule has 1 N–H and O–H groups in total. The number of carboxylic acids is 1. The van der Waals surface area contributed by atoms with Crippen LogP contribution in [-0.4, -0.2) is 42.2 Å². The minimum atomic E-state index is -0.757. The monoisotopic (exact) mass is 293 g/mol. The van der Waals surface area contributed by atoms with E-state index in [1.807, 2.05) is 19.1 Å². The van der Waals surface area contributed by atoms with Crippen LogP contribution in [0.4, 0.5) is 0 Å². The fourth-order valence-corrected chi connectivity index (χ4v) is 2.03. The maximum Gasteiger partial charge on any atom is 0.304 e. The van der Waals surface area contributed by atoms with E-state index in [0.29, 0.717) is 13.2 Å². The summed E-state index contributed by atoms with van der Waals surface area (Å²) in [6.45, 7) is 11.3. The molecule has 0 amide bonds. The highest BCUT2D eigenvalue weighted by molar-refractivity contribution is 5.66. The number of benzene rings is 1. The Hall–Kier alpha value is -1.55. The SMILES string of the molecule is CCN(CCOc1ccc(C(C)(C)C)cc1)CCC(=O)O. The zero-order chi connectivity index (χ0) is 15.9. The molecule has 0 aromatic heterocycles. The number of hydrogen-bond acceptors (Lipinski definition) is 3. The van der Waals surface area contributed by atoms with Gasteiger partial charge in [0.25, 0.3) is 0 Å². The molecule has 0 atom stereocenters. The van der Waals surface area contributed by atoms with Crippen LogP contribution in [0.5, 0.6) is 5.75 Å². The van der Waals surface area contributed by atoms with E-state index in [9.17, 15) is 4.79 Å². The van der Waals surface area contributed by atoms with Crippen molar-refractivity contribution in [3.05, 3.63) is 29.8 Å². The van der Waals surface area contributed by atoms with Gasteiger partial charge in [0.15, 0.2) is 0 Å². The number of nitrogens with zero attached hydrogens (tertiary/aromatic N) is 1. The van der Waals surface area contributed by atoms with Crippen LogP contribution >= 0.6 is 0 Å². The molecule has 0 saturated carbocycles. The second-order valence-electron chi connectivity index (χ2n) is 6.20. The summed E-state index contributed by atoms with van der Waals surface area (Å²) >= 11 is 0. The van der Waals surface area contributed by atoms with Crippen molar-refractivity contribution in [3.8, 4) is 5.75 Å². The molecule has 0 heterocycles. The first-order chi connectivity index (χ1) is 9.82. The average molecular weight is 293 g/mol. The fourth-order valence-electron chi connectivity index (χ4n) is 2.03. The van der Waals surface area contributed by atoms with E-state index in [-0.39, 0.29) is 11.8 Å². The summed E-state index contributed by atoms with van der Waals surface area (Å²) in [4.78, 5) is 12.7. The van der Waals surface area contributed by atoms with E-state index in [4.69, 9.17) is 9.84 Å². The summed E-state index contributed by atoms with van der Waals surface area (Å²) in [6, 6.07) is 8.18. The van der Waals surface area contributed by atoms with Gasteiger partial charge in [-0.25, -0.2) is 0 Å². The van der Waals surface area contributed by atoms with E-state index >= 15 is 0 Å². The van der Waals surface area contributed by atoms with Gasteiger partial charge in [0.2, 0.25) is 0 Å². The Morgan fingerprint density at radius 3 is 2.29 bits per heavy atom. The van der Waals surface area contributed by atoms with Gasteiger partial charge < -0.3 is 9.84 Å². The number of hydrogen-bond donors (Lipinski definition) is 1. The Kier molecular flexibility index (Phi) is 6.69. The molecule has 21 heavy (non-hydrogen) atoms. The molecule has 4 heteroatoms. The number of ether oxygens (including phenoxy) is 1. The molecule has 0 aliphatic carbocycles. The smallest absolute Gasteiger partial charge is 0.304 e. The molecule has 118 valence electrons. The minimum Gasteiger partial charge on any atom is -0.492 e. The number of carboxylic acid groups (broad SMARTS) is 1. The number of aliphatic carboxylic acids is 1. The Bertz CT molecular complexity index is 434. The summed E-state index contributed by atoms with van der Waals surface area (Å²) in [7, 11) is 0. The molecule has 0 spiro atoms. The zero-order valence-electron chi connectivity index (χ0n) is 13.6. The van der Waals surface area contributed by atoms with E-state index in [0.717, 1.165) is 18.8 Å². The third-order valence-corrected chi connectivity index (χ3v) is 3.49. The highest BCUT2D eigenvalue weighted by Gasteiger charge is 2.13. The van der Waals surface area contributed by atoms with Gasteiger partial charge >= 0.3 is 5.97 Å². The highest BCUT2D eigenvalue weighted by Crippen LogP contribution is 2.24. The predicted octanol–water partition coefficient (Wildman–Crippen LogP) is 3.16. The van der Waals surface area contributed by atoms with Gasteiger partial charge in [-0.1, -0.05) is 39.8 Å². The molecule has 0 saturated heterocycles. The summed E-state index contributed by atoms with van der Waals surface area (Å²) < 4.78 is 5.72. The molecular weight excluding hydrogens is 266 g/mol. The molecule has 0 unspecified atom stereocenters. The largest absolute Gasteiger partial charge is 0.492 e. The van der Waals surface area contributed by atoms with Crippen molar-refractivity contribution >= 4 is 5.97 Å². The molecule has 0 radical (unpaired) electrons. The Morgan fingerprint density at radius 1 is 1.19 bits per heavy atom. The number of carbonyl (C=O) groups is 1. The van der Waals surface area contributed by atoms with Crippen LogP contribution in [-0.2, 0) is 10.2 Å². The lowest BCUT2D eigenvalue weighted by Crippen LogP contribution is -2.30. The third-order valence-electron chi connectivity index (χ3n) is 3.49. The van der Waals surface area contributed by atoms with E-state index < -0.39 is 5.97 Å². The van der Waals surface area contributed by atoms with Gasteiger partial charge in [-0.3, -0.25) is 9.69 Å². The van der Waals surface area contributed by atoms with Crippen LogP contribution in [0.3, 0.4) is 0 Å². The molecule has 1 rings (SSSR count). The van der Waals surface area contributed by atoms with E-state index in [1.54, 1.807) is 0 Å². The van der Waals surface area contributed by atoms with Crippen molar-refractivity contribution in [1.82, 2.24) is 4.90 Å². The van der Waals surface area contributed by atoms with Crippen molar-refractivity contribution < 1.29 is 14.6 Å². The lowest BCUT2D eigenvalue weighted by Gasteiger charge is -2.21. The predicted molar refractivity (Wildman–Crippen MR) is 85.0 cm³/mol. The Labute approximate surface area is 127 Å². The minimum absolute atomic E-state index is 0.147. The topological polar surface area (TPSA) is 49.8 Å². The van der Waals surface area contributed by atoms with Gasteiger partial charge in [-0.05, 0) is 29.7 Å². The first-order valence-corrected chi connectivity index (χ1v) is 7.50. The zero-order valence-corrected chi connectivity index (χ0v) is 13.6. The molecule has 0 fully saturated rings. The van der Waals surface area contributed by atoms with Crippen molar-refractivity contribution in [2.75, 3.05) is 26.2 Å². The molecule has 0 aliphatic heterocycles. The Morgan fingerprint density at radius 2 is 1.81 bits per heavy atom. The van der Waals surface area contributed by atoms with Gasteiger partial charge in [-0.2, -0.15) is 0 Å². The van der Waals surface area contributed by atoms with Gasteiger partial charge in [0.05, 0.1) is 6.42 Å². The molecular formula is C17H27NO3. The van der Waals surface area contributed by atoms with Crippen molar-refractivity contribution in [1.29, 1.82) is 0 Å². The van der Waals surface area contributed by atoms with Crippen LogP contribution in [0.25, 0.3) is 0 Å². The normalized spacial score (nSPS) is 11.7. The van der Waals surface area contributed by atoms with Crippen molar-refractivity contribution in [3.63, 3.8) is 0 Å². The van der Waals surface area contributed by atoms with E-state index in [1.165, 1.54) is 5.56 Å². The maximum atomic E-state index is 10.6. The van der Waals surface area contributed by atoms with Crippen LogP contribution in [0.2, 0.25) is 0 Å². The fraction of sp³-hybridized carbons (Fsp3) is 0.588. The lowest BCUT2D eigenvalue weighted by molar-refractivity contribution is -0.137. The molecule has 0 aliphatic rings. The first kappa shape index (κ1) is 17.5. The second kappa shape index (κ2) is 8.03.